The quantitative estimate of drug-likeness (QED) is 0.412. The first-order valence-corrected chi connectivity index (χ1v) is 6.27. The molecule has 0 fully saturated rings. The Morgan fingerprint density at radius 2 is 1.50 bits per heavy atom. The van der Waals surface area contributed by atoms with E-state index in [2.05, 4.69) is 9.26 Å². The van der Waals surface area contributed by atoms with Gasteiger partial charge in [0, 0.05) is 6.66 Å². The van der Waals surface area contributed by atoms with Gasteiger partial charge in [0.05, 0.1) is 13.2 Å². The molecule has 1 unspecified atom stereocenters. The summed E-state index contributed by atoms with van der Waals surface area (Å²) in [5.41, 5.74) is 0. The molecule has 0 spiro atoms. The van der Waals surface area contributed by atoms with E-state index in [1.54, 1.807) is 0 Å². The van der Waals surface area contributed by atoms with Crippen molar-refractivity contribution in [3.05, 3.63) is 0 Å². The lowest BCUT2D eigenvalue weighted by atomic mass is 10.2. The predicted octanol–water partition coefficient (Wildman–Crippen LogP) is 2.96. The van der Waals surface area contributed by atoms with Crippen molar-refractivity contribution in [3.8, 4) is 0 Å². The van der Waals surface area contributed by atoms with Crippen LogP contribution in [0.2, 0.25) is 0 Å². The highest BCUT2D eigenvalue weighted by atomic mass is 31.1. The fourth-order valence-corrected chi connectivity index (χ4v) is 1.11. The van der Waals surface area contributed by atoms with Crippen LogP contribution in [0.3, 0.4) is 0 Å². The number of halogens is 7. The van der Waals surface area contributed by atoms with Gasteiger partial charge in [-0.2, -0.15) is 30.7 Å². The zero-order valence-electron chi connectivity index (χ0n) is 8.99. The molecule has 0 aliphatic rings. The number of ether oxygens (including phenoxy) is 1. The lowest BCUT2D eigenvalue weighted by Gasteiger charge is -2.27. The van der Waals surface area contributed by atoms with Crippen molar-refractivity contribution < 1.29 is 44.6 Å². The van der Waals surface area contributed by atoms with Crippen molar-refractivity contribution in [2.45, 2.75) is 18.0 Å². The molecule has 0 amide bonds. The molecule has 0 aliphatic heterocycles. The zero-order chi connectivity index (χ0) is 14.6. The molecule has 0 saturated carbocycles. The molecule has 1 atom stereocenters. The standard InChI is InChI=1S/C7H10F7O3P/c1-18(15)17-3-2-16-4-5(8,9)6(10,11)7(12,13)14/h18H,2-4H2,1H3. The van der Waals surface area contributed by atoms with E-state index >= 15 is 0 Å². The highest BCUT2D eigenvalue weighted by molar-refractivity contribution is 7.38. The first-order valence-electron chi connectivity index (χ1n) is 4.45. The van der Waals surface area contributed by atoms with Gasteiger partial charge in [-0.1, -0.05) is 0 Å². The van der Waals surface area contributed by atoms with E-state index in [-0.39, 0.29) is 0 Å². The van der Waals surface area contributed by atoms with Gasteiger partial charge in [0.15, 0.2) is 8.03 Å². The van der Waals surface area contributed by atoms with Crippen molar-refractivity contribution in [1.82, 2.24) is 0 Å². The molecule has 0 rings (SSSR count). The lowest BCUT2D eigenvalue weighted by Crippen LogP contribution is -2.54. The van der Waals surface area contributed by atoms with Crippen LogP contribution in [0, 0.1) is 0 Å². The van der Waals surface area contributed by atoms with Crippen LogP contribution in [-0.4, -0.2) is 44.5 Å². The molecular formula is C7H10F7O3P. The van der Waals surface area contributed by atoms with Crippen molar-refractivity contribution in [2.24, 2.45) is 0 Å². The summed E-state index contributed by atoms with van der Waals surface area (Å²) >= 11 is 0. The van der Waals surface area contributed by atoms with E-state index in [4.69, 9.17) is 0 Å². The Balaban J connectivity index is 4.27. The van der Waals surface area contributed by atoms with Crippen LogP contribution in [0.5, 0.6) is 0 Å². The number of rotatable bonds is 7. The van der Waals surface area contributed by atoms with Crippen molar-refractivity contribution >= 4 is 8.03 Å². The molecule has 0 aromatic heterocycles. The van der Waals surface area contributed by atoms with Gasteiger partial charge in [0.2, 0.25) is 0 Å². The van der Waals surface area contributed by atoms with Gasteiger partial charge in [0.25, 0.3) is 0 Å². The smallest absolute Gasteiger partial charge is 0.373 e. The van der Waals surface area contributed by atoms with Gasteiger partial charge in [-0.05, 0) is 0 Å². The highest BCUT2D eigenvalue weighted by Gasteiger charge is 2.72. The topological polar surface area (TPSA) is 35.5 Å². The summed E-state index contributed by atoms with van der Waals surface area (Å²) in [6.07, 6.45) is -6.37. The van der Waals surface area contributed by atoms with Crippen LogP contribution in [0.1, 0.15) is 0 Å². The van der Waals surface area contributed by atoms with Gasteiger partial charge < -0.3 is 9.26 Å². The van der Waals surface area contributed by atoms with Gasteiger partial charge in [0.1, 0.15) is 6.61 Å². The maximum atomic E-state index is 12.6. The van der Waals surface area contributed by atoms with Crippen LogP contribution in [-0.2, 0) is 13.8 Å². The molecule has 0 saturated heterocycles. The van der Waals surface area contributed by atoms with E-state index in [1.165, 1.54) is 6.66 Å². The molecule has 110 valence electrons. The normalized spacial score (nSPS) is 15.8. The molecule has 0 aromatic rings. The summed E-state index contributed by atoms with van der Waals surface area (Å²) in [5, 5.41) is 0. The maximum absolute atomic E-state index is 12.6. The average Bonchev–Trinajstić information content (AvgIpc) is 2.14. The monoisotopic (exact) mass is 306 g/mol. The summed E-state index contributed by atoms with van der Waals surface area (Å²) in [6.45, 7) is -2.06. The molecule has 18 heavy (non-hydrogen) atoms. The summed E-state index contributed by atoms with van der Waals surface area (Å²) in [4.78, 5) is 0. The fraction of sp³-hybridized carbons (Fsp3) is 1.00. The third kappa shape index (κ3) is 4.74. The first-order chi connectivity index (χ1) is 7.92. The second-order valence-electron chi connectivity index (χ2n) is 3.17. The summed E-state index contributed by atoms with van der Waals surface area (Å²) in [5.74, 6) is -11.6. The molecule has 0 aliphatic carbocycles. The predicted molar refractivity (Wildman–Crippen MR) is 47.6 cm³/mol. The summed E-state index contributed by atoms with van der Waals surface area (Å²) in [7, 11) is -2.35. The Morgan fingerprint density at radius 3 is 1.89 bits per heavy atom. The van der Waals surface area contributed by atoms with E-state index in [0.29, 0.717) is 0 Å². The van der Waals surface area contributed by atoms with Gasteiger partial charge in [-0.3, -0.25) is 4.57 Å². The van der Waals surface area contributed by atoms with E-state index in [9.17, 15) is 35.3 Å². The van der Waals surface area contributed by atoms with Gasteiger partial charge in [-0.15, -0.1) is 0 Å². The average molecular weight is 306 g/mol. The van der Waals surface area contributed by atoms with E-state index in [1.807, 2.05) is 0 Å². The van der Waals surface area contributed by atoms with E-state index < -0.39 is 45.9 Å². The molecule has 0 radical (unpaired) electrons. The van der Waals surface area contributed by atoms with Crippen molar-refractivity contribution in [2.75, 3.05) is 26.5 Å². The third-order valence-electron chi connectivity index (χ3n) is 1.63. The SMILES string of the molecule is C[PH](=O)OCCOCC(F)(F)C(F)(F)C(F)(F)F. The molecule has 11 heteroatoms. The zero-order valence-corrected chi connectivity index (χ0v) is 9.99. The minimum atomic E-state index is -6.37. The van der Waals surface area contributed by atoms with Gasteiger partial charge >= 0.3 is 18.0 Å². The second kappa shape index (κ2) is 6.21. The van der Waals surface area contributed by atoms with Gasteiger partial charge in [-0.25, -0.2) is 0 Å². The lowest BCUT2D eigenvalue weighted by molar-refractivity contribution is -0.361. The summed E-state index contributed by atoms with van der Waals surface area (Å²) < 4.78 is 104. The van der Waals surface area contributed by atoms with Crippen molar-refractivity contribution in [1.29, 1.82) is 0 Å². The Kier molecular flexibility index (Phi) is 6.09. The third-order valence-corrected chi connectivity index (χ3v) is 2.24. The molecular weight excluding hydrogens is 296 g/mol. The molecule has 0 N–H and O–H groups in total. The summed E-state index contributed by atoms with van der Waals surface area (Å²) in [6, 6.07) is 0. The Labute approximate surface area is 98.1 Å². The number of hydrogen-bond donors (Lipinski definition) is 0. The Morgan fingerprint density at radius 1 is 1.00 bits per heavy atom. The van der Waals surface area contributed by atoms with Crippen LogP contribution < -0.4 is 0 Å². The fourth-order valence-electron chi connectivity index (χ4n) is 0.743. The molecule has 3 nitrogen and oxygen atoms in total. The van der Waals surface area contributed by atoms with Crippen LogP contribution in [0.4, 0.5) is 30.7 Å². The van der Waals surface area contributed by atoms with E-state index in [0.717, 1.165) is 0 Å². The molecule has 0 heterocycles. The second-order valence-corrected chi connectivity index (χ2v) is 4.44. The van der Waals surface area contributed by atoms with Crippen molar-refractivity contribution in [3.63, 3.8) is 0 Å². The number of hydrogen-bond acceptors (Lipinski definition) is 3. The largest absolute Gasteiger partial charge is 0.459 e. The van der Waals surface area contributed by atoms with Crippen LogP contribution >= 0.6 is 8.03 Å². The minimum absolute atomic E-state index is 0.442. The molecule has 0 bridgehead atoms. The minimum Gasteiger partial charge on any atom is -0.373 e. The van der Waals surface area contributed by atoms with Crippen LogP contribution in [0.15, 0.2) is 0 Å². The maximum Gasteiger partial charge on any atom is 0.459 e. The molecule has 0 aromatic carbocycles. The number of alkyl halides is 7. The Hall–Kier alpha value is -0.340. The Bertz CT molecular complexity index is 291. The first kappa shape index (κ1) is 17.7. The van der Waals surface area contributed by atoms with Crippen LogP contribution in [0.25, 0.3) is 0 Å². The highest BCUT2D eigenvalue weighted by Crippen LogP contribution is 2.46.